The number of fused-ring (bicyclic) bond motifs is 1. The van der Waals surface area contributed by atoms with Crippen molar-refractivity contribution in [1.82, 2.24) is 9.78 Å². The van der Waals surface area contributed by atoms with Crippen LogP contribution in [0.1, 0.15) is 23.3 Å². The molecule has 2 heterocycles. The molecule has 0 bridgehead atoms. The number of rotatable bonds is 1. The summed E-state index contributed by atoms with van der Waals surface area (Å²) in [6, 6.07) is 6.21. The smallest absolute Gasteiger partial charge is 0.419 e. The standard InChI is InChI=1S/C13H11F3N2O2/c14-13(15,16)8-5-17-18(6-8)10-7-20-11-4-2-1-3-9(11)12(10)19/h1-6,10,12,19H,7H2. The predicted octanol–water partition coefficient (Wildman–Crippen LogP) is 2.57. The summed E-state index contributed by atoms with van der Waals surface area (Å²) in [5.74, 6) is 0.541. The summed E-state index contributed by atoms with van der Waals surface area (Å²) < 4.78 is 44.2. The van der Waals surface area contributed by atoms with Crippen LogP contribution in [0, 0.1) is 0 Å². The lowest BCUT2D eigenvalue weighted by Crippen LogP contribution is -2.29. The molecule has 1 aliphatic rings. The molecule has 3 rings (SSSR count). The summed E-state index contributed by atoms with van der Waals surface area (Å²) in [6.07, 6.45) is -3.78. The largest absolute Gasteiger partial charge is 0.491 e. The second kappa shape index (κ2) is 4.52. The molecule has 0 spiro atoms. The number of aromatic nitrogens is 2. The van der Waals surface area contributed by atoms with Gasteiger partial charge in [-0.2, -0.15) is 18.3 Å². The number of benzene rings is 1. The lowest BCUT2D eigenvalue weighted by atomic mass is 9.99. The van der Waals surface area contributed by atoms with Crippen molar-refractivity contribution in [3.63, 3.8) is 0 Å². The molecule has 0 radical (unpaired) electrons. The van der Waals surface area contributed by atoms with Crippen LogP contribution in [0.25, 0.3) is 0 Å². The Morgan fingerprint density at radius 1 is 1.30 bits per heavy atom. The molecular formula is C13H11F3N2O2. The van der Waals surface area contributed by atoms with Gasteiger partial charge in [-0.1, -0.05) is 18.2 Å². The highest BCUT2D eigenvalue weighted by Gasteiger charge is 2.35. The Labute approximate surface area is 112 Å². The minimum absolute atomic E-state index is 0.0666. The van der Waals surface area contributed by atoms with E-state index >= 15 is 0 Å². The minimum Gasteiger partial charge on any atom is -0.491 e. The first-order chi connectivity index (χ1) is 9.47. The summed E-state index contributed by atoms with van der Waals surface area (Å²) in [5.41, 5.74) is -0.295. The van der Waals surface area contributed by atoms with E-state index in [1.165, 1.54) is 0 Å². The summed E-state index contributed by atoms with van der Waals surface area (Å²) in [6.45, 7) is 0.0666. The van der Waals surface area contributed by atoms with E-state index in [2.05, 4.69) is 5.10 Å². The Hall–Kier alpha value is -2.02. The maximum absolute atomic E-state index is 12.6. The quantitative estimate of drug-likeness (QED) is 0.875. The molecular weight excluding hydrogens is 273 g/mol. The fraction of sp³-hybridized carbons (Fsp3) is 0.308. The zero-order valence-electron chi connectivity index (χ0n) is 10.2. The number of halogens is 3. The molecule has 1 aromatic heterocycles. The number of para-hydroxylation sites is 1. The Balaban J connectivity index is 1.91. The summed E-state index contributed by atoms with van der Waals surface area (Å²) in [4.78, 5) is 0. The molecule has 0 aliphatic carbocycles. The molecule has 1 N–H and O–H groups in total. The Morgan fingerprint density at radius 3 is 2.75 bits per heavy atom. The summed E-state index contributed by atoms with van der Waals surface area (Å²) >= 11 is 0. The van der Waals surface area contributed by atoms with Crippen molar-refractivity contribution in [2.24, 2.45) is 0 Å². The number of alkyl halides is 3. The fourth-order valence-electron chi connectivity index (χ4n) is 2.22. The molecule has 0 amide bonds. The monoisotopic (exact) mass is 284 g/mol. The molecule has 0 saturated carbocycles. The average molecular weight is 284 g/mol. The maximum atomic E-state index is 12.6. The summed E-state index contributed by atoms with van der Waals surface area (Å²) in [5, 5.41) is 14.0. The first-order valence-corrected chi connectivity index (χ1v) is 5.98. The first kappa shape index (κ1) is 13.0. The number of hydrogen-bond donors (Lipinski definition) is 1. The number of aliphatic hydroxyl groups excluding tert-OH is 1. The van der Waals surface area contributed by atoms with Crippen molar-refractivity contribution in [3.8, 4) is 5.75 Å². The van der Waals surface area contributed by atoms with Gasteiger partial charge in [0.25, 0.3) is 0 Å². The van der Waals surface area contributed by atoms with Gasteiger partial charge in [0.15, 0.2) is 0 Å². The van der Waals surface area contributed by atoms with Gasteiger partial charge in [-0.15, -0.1) is 0 Å². The SMILES string of the molecule is OC1c2ccccc2OCC1n1cc(C(F)(F)F)cn1. The van der Waals surface area contributed by atoms with Gasteiger partial charge in [0.05, 0.1) is 11.8 Å². The number of nitrogens with zero attached hydrogens (tertiary/aromatic N) is 2. The van der Waals surface area contributed by atoms with Crippen LogP contribution in [0.5, 0.6) is 5.75 Å². The van der Waals surface area contributed by atoms with E-state index in [9.17, 15) is 18.3 Å². The molecule has 4 nitrogen and oxygen atoms in total. The lowest BCUT2D eigenvalue weighted by Gasteiger charge is -2.30. The van der Waals surface area contributed by atoms with E-state index in [4.69, 9.17) is 4.74 Å². The molecule has 2 aromatic rings. The number of hydrogen-bond acceptors (Lipinski definition) is 3. The van der Waals surface area contributed by atoms with Gasteiger partial charge in [0.2, 0.25) is 0 Å². The zero-order valence-corrected chi connectivity index (χ0v) is 10.2. The van der Waals surface area contributed by atoms with E-state index in [0.29, 0.717) is 11.3 Å². The third-order valence-corrected chi connectivity index (χ3v) is 3.28. The van der Waals surface area contributed by atoms with Crippen molar-refractivity contribution < 1.29 is 23.0 Å². The molecule has 2 atom stereocenters. The van der Waals surface area contributed by atoms with E-state index in [1.807, 2.05) is 0 Å². The number of ether oxygens (including phenoxy) is 1. The highest BCUT2D eigenvalue weighted by molar-refractivity contribution is 5.37. The summed E-state index contributed by atoms with van der Waals surface area (Å²) in [7, 11) is 0. The van der Waals surface area contributed by atoms with Gasteiger partial charge in [-0.3, -0.25) is 4.68 Å². The van der Waals surface area contributed by atoms with Crippen LogP contribution in [0.3, 0.4) is 0 Å². The normalized spacial score (nSPS) is 22.2. The number of aliphatic hydroxyl groups is 1. The van der Waals surface area contributed by atoms with Crippen LogP contribution in [0.2, 0.25) is 0 Å². The third kappa shape index (κ3) is 2.14. The molecule has 20 heavy (non-hydrogen) atoms. The van der Waals surface area contributed by atoms with E-state index in [-0.39, 0.29) is 6.61 Å². The topological polar surface area (TPSA) is 47.3 Å². The van der Waals surface area contributed by atoms with E-state index < -0.39 is 23.9 Å². The van der Waals surface area contributed by atoms with Crippen LogP contribution in [0.4, 0.5) is 13.2 Å². The molecule has 1 aliphatic heterocycles. The van der Waals surface area contributed by atoms with E-state index in [1.54, 1.807) is 24.3 Å². The van der Waals surface area contributed by atoms with Gasteiger partial charge in [-0.05, 0) is 6.07 Å². The van der Waals surface area contributed by atoms with Gasteiger partial charge in [0, 0.05) is 11.8 Å². The molecule has 7 heteroatoms. The molecule has 106 valence electrons. The van der Waals surface area contributed by atoms with E-state index in [0.717, 1.165) is 17.1 Å². The molecule has 0 saturated heterocycles. The Kier molecular flexibility index (Phi) is 2.93. The van der Waals surface area contributed by atoms with Crippen LogP contribution < -0.4 is 4.74 Å². The van der Waals surface area contributed by atoms with Crippen molar-refractivity contribution in [3.05, 3.63) is 47.8 Å². The second-order valence-electron chi connectivity index (χ2n) is 4.57. The van der Waals surface area contributed by atoms with Crippen LogP contribution in [0.15, 0.2) is 36.7 Å². The molecule has 1 aromatic carbocycles. The highest BCUT2D eigenvalue weighted by Crippen LogP contribution is 2.38. The lowest BCUT2D eigenvalue weighted by molar-refractivity contribution is -0.137. The van der Waals surface area contributed by atoms with Gasteiger partial charge < -0.3 is 9.84 Å². The van der Waals surface area contributed by atoms with Gasteiger partial charge >= 0.3 is 6.18 Å². The van der Waals surface area contributed by atoms with Gasteiger partial charge in [-0.25, -0.2) is 0 Å². The highest BCUT2D eigenvalue weighted by atomic mass is 19.4. The molecule has 0 fully saturated rings. The van der Waals surface area contributed by atoms with Crippen molar-refractivity contribution in [2.75, 3.05) is 6.61 Å². The maximum Gasteiger partial charge on any atom is 0.419 e. The Bertz CT molecular complexity index is 624. The van der Waals surface area contributed by atoms with Crippen molar-refractivity contribution in [2.45, 2.75) is 18.3 Å². The van der Waals surface area contributed by atoms with Crippen LogP contribution in [-0.4, -0.2) is 21.5 Å². The van der Waals surface area contributed by atoms with Crippen molar-refractivity contribution >= 4 is 0 Å². The minimum atomic E-state index is -4.45. The van der Waals surface area contributed by atoms with Crippen molar-refractivity contribution in [1.29, 1.82) is 0 Å². The second-order valence-corrected chi connectivity index (χ2v) is 4.57. The zero-order chi connectivity index (χ0) is 14.3. The molecule has 2 unspecified atom stereocenters. The Morgan fingerprint density at radius 2 is 2.05 bits per heavy atom. The third-order valence-electron chi connectivity index (χ3n) is 3.28. The average Bonchev–Trinajstić information content (AvgIpc) is 2.89. The van der Waals surface area contributed by atoms with Gasteiger partial charge in [0.1, 0.15) is 24.5 Å². The first-order valence-electron chi connectivity index (χ1n) is 5.98. The van der Waals surface area contributed by atoms with Crippen LogP contribution >= 0.6 is 0 Å². The predicted molar refractivity (Wildman–Crippen MR) is 63.2 cm³/mol. The van der Waals surface area contributed by atoms with Crippen LogP contribution in [-0.2, 0) is 6.18 Å². The fourth-order valence-corrected chi connectivity index (χ4v) is 2.22.